The van der Waals surface area contributed by atoms with Crippen LogP contribution in [0.25, 0.3) is 0 Å². The van der Waals surface area contributed by atoms with E-state index >= 15 is 0 Å². The van der Waals surface area contributed by atoms with Gasteiger partial charge in [-0.25, -0.2) is 8.42 Å². The second kappa shape index (κ2) is 8.75. The number of aryl methyl sites for hydroxylation is 2. The lowest BCUT2D eigenvalue weighted by Gasteiger charge is -2.15. The minimum atomic E-state index is -3.52. The first kappa shape index (κ1) is 21.0. The Bertz CT molecular complexity index is 1010. The molecule has 2 N–H and O–H groups in total. The van der Waals surface area contributed by atoms with Crippen molar-refractivity contribution in [2.45, 2.75) is 38.0 Å². The van der Waals surface area contributed by atoms with Gasteiger partial charge in [0.1, 0.15) is 0 Å². The molecule has 2 amide bonds. The van der Waals surface area contributed by atoms with Crippen LogP contribution < -0.4 is 10.9 Å². The Balaban J connectivity index is 1.56. The summed E-state index contributed by atoms with van der Waals surface area (Å²) >= 11 is 0. The van der Waals surface area contributed by atoms with Crippen molar-refractivity contribution in [1.82, 2.24) is 15.2 Å². The summed E-state index contributed by atoms with van der Waals surface area (Å²) in [5.41, 5.74) is 8.12. The first-order chi connectivity index (χ1) is 13.8. The van der Waals surface area contributed by atoms with Gasteiger partial charge in [-0.1, -0.05) is 18.2 Å². The molecule has 1 aliphatic rings. The van der Waals surface area contributed by atoms with Crippen molar-refractivity contribution in [3.63, 3.8) is 0 Å². The van der Waals surface area contributed by atoms with E-state index < -0.39 is 15.9 Å². The largest absolute Gasteiger partial charge is 0.273 e. The average Bonchev–Trinajstić information content (AvgIpc) is 3.25. The van der Waals surface area contributed by atoms with Crippen LogP contribution in [0.1, 0.15) is 39.9 Å². The summed E-state index contributed by atoms with van der Waals surface area (Å²) in [5, 5.41) is 0. The molecule has 0 bridgehead atoms. The van der Waals surface area contributed by atoms with Gasteiger partial charge in [-0.05, 0) is 67.6 Å². The van der Waals surface area contributed by atoms with E-state index in [4.69, 9.17) is 0 Å². The SMILES string of the molecule is Cc1ccc(CC(=O)NNC(=O)c2ccc(S(=O)(=O)N3CCCC3)cc2)cc1C. The van der Waals surface area contributed by atoms with Crippen LogP contribution >= 0.6 is 0 Å². The van der Waals surface area contributed by atoms with Gasteiger partial charge in [0, 0.05) is 18.7 Å². The number of nitrogens with zero attached hydrogens (tertiary/aromatic N) is 1. The number of hydrogen-bond acceptors (Lipinski definition) is 4. The van der Waals surface area contributed by atoms with Crippen LogP contribution in [0.3, 0.4) is 0 Å². The molecule has 154 valence electrons. The molecule has 1 aliphatic heterocycles. The summed E-state index contributed by atoms with van der Waals surface area (Å²) in [6.07, 6.45) is 1.87. The van der Waals surface area contributed by atoms with Crippen molar-refractivity contribution in [2.75, 3.05) is 13.1 Å². The molecule has 7 nitrogen and oxygen atoms in total. The van der Waals surface area contributed by atoms with Crippen molar-refractivity contribution in [1.29, 1.82) is 0 Å². The third-order valence-electron chi connectivity index (χ3n) is 5.07. The smallest absolute Gasteiger partial charge is 0.269 e. The number of carbonyl (C=O) groups is 2. The van der Waals surface area contributed by atoms with Gasteiger partial charge in [0.25, 0.3) is 5.91 Å². The molecule has 1 saturated heterocycles. The minimum absolute atomic E-state index is 0.147. The fourth-order valence-electron chi connectivity index (χ4n) is 3.20. The number of benzene rings is 2. The van der Waals surface area contributed by atoms with Crippen LogP contribution in [0.5, 0.6) is 0 Å². The number of hydrogen-bond donors (Lipinski definition) is 2. The summed E-state index contributed by atoms with van der Waals surface area (Å²) in [6.45, 7) is 5.03. The average molecular weight is 416 g/mol. The van der Waals surface area contributed by atoms with Crippen molar-refractivity contribution < 1.29 is 18.0 Å². The molecule has 1 heterocycles. The minimum Gasteiger partial charge on any atom is -0.273 e. The van der Waals surface area contributed by atoms with Crippen LogP contribution in [0.4, 0.5) is 0 Å². The van der Waals surface area contributed by atoms with Gasteiger partial charge in [0.05, 0.1) is 11.3 Å². The highest BCUT2D eigenvalue weighted by Crippen LogP contribution is 2.21. The van der Waals surface area contributed by atoms with E-state index in [9.17, 15) is 18.0 Å². The number of carbonyl (C=O) groups excluding carboxylic acids is 2. The fourth-order valence-corrected chi connectivity index (χ4v) is 4.71. The van der Waals surface area contributed by atoms with E-state index in [0.717, 1.165) is 29.5 Å². The van der Waals surface area contributed by atoms with Crippen LogP contribution in [-0.2, 0) is 21.2 Å². The van der Waals surface area contributed by atoms with E-state index in [1.807, 2.05) is 32.0 Å². The van der Waals surface area contributed by atoms with Crippen LogP contribution in [0.2, 0.25) is 0 Å². The molecule has 0 spiro atoms. The second-order valence-corrected chi connectivity index (χ2v) is 9.17. The van der Waals surface area contributed by atoms with Crippen LogP contribution in [-0.4, -0.2) is 37.6 Å². The number of sulfonamides is 1. The zero-order valence-electron chi connectivity index (χ0n) is 16.6. The normalized spacial score (nSPS) is 14.6. The molecule has 2 aromatic rings. The van der Waals surface area contributed by atoms with Crippen molar-refractivity contribution >= 4 is 21.8 Å². The standard InChI is InChI=1S/C21H25N3O4S/c1-15-5-6-17(13-16(15)2)14-20(25)22-23-21(26)18-7-9-19(10-8-18)29(27,28)24-11-3-4-12-24/h5-10,13H,3-4,11-12,14H2,1-2H3,(H,22,25)(H,23,26). The van der Waals surface area contributed by atoms with Gasteiger partial charge >= 0.3 is 0 Å². The second-order valence-electron chi connectivity index (χ2n) is 7.23. The fraction of sp³-hybridized carbons (Fsp3) is 0.333. The van der Waals surface area contributed by atoms with Gasteiger partial charge in [-0.2, -0.15) is 4.31 Å². The molecule has 29 heavy (non-hydrogen) atoms. The van der Waals surface area contributed by atoms with Crippen LogP contribution in [0, 0.1) is 13.8 Å². The quantitative estimate of drug-likeness (QED) is 0.731. The summed E-state index contributed by atoms with van der Waals surface area (Å²) in [5.74, 6) is -0.849. The molecule has 0 saturated carbocycles. The molecule has 0 unspecified atom stereocenters. The maximum absolute atomic E-state index is 12.5. The monoisotopic (exact) mass is 415 g/mol. The molecule has 1 fully saturated rings. The Morgan fingerprint density at radius 1 is 0.931 bits per heavy atom. The van der Waals surface area contributed by atoms with Crippen molar-refractivity contribution in [3.05, 3.63) is 64.7 Å². The molecule has 0 aliphatic carbocycles. The Morgan fingerprint density at radius 2 is 1.59 bits per heavy atom. The predicted octanol–water partition coefficient (Wildman–Crippen LogP) is 2.09. The summed E-state index contributed by atoms with van der Waals surface area (Å²) < 4.78 is 26.5. The summed E-state index contributed by atoms with van der Waals surface area (Å²) in [4.78, 5) is 24.5. The lowest BCUT2D eigenvalue weighted by molar-refractivity contribution is -0.121. The van der Waals surface area contributed by atoms with Crippen molar-refractivity contribution in [3.8, 4) is 0 Å². The maximum Gasteiger partial charge on any atom is 0.269 e. The molecule has 8 heteroatoms. The lowest BCUT2D eigenvalue weighted by Crippen LogP contribution is -2.42. The van der Waals surface area contributed by atoms with Gasteiger partial charge < -0.3 is 0 Å². The number of amides is 2. The maximum atomic E-state index is 12.5. The highest BCUT2D eigenvalue weighted by atomic mass is 32.2. The first-order valence-corrected chi connectivity index (χ1v) is 11.0. The zero-order chi connectivity index (χ0) is 21.0. The van der Waals surface area contributed by atoms with Gasteiger partial charge in [0.15, 0.2) is 0 Å². The lowest BCUT2D eigenvalue weighted by atomic mass is 10.0. The highest BCUT2D eigenvalue weighted by molar-refractivity contribution is 7.89. The Kier molecular flexibility index (Phi) is 6.34. The molecular weight excluding hydrogens is 390 g/mol. The predicted molar refractivity (Wildman–Crippen MR) is 110 cm³/mol. The third-order valence-corrected chi connectivity index (χ3v) is 6.98. The summed E-state index contributed by atoms with van der Waals surface area (Å²) in [7, 11) is -3.52. The molecular formula is C21H25N3O4S. The Hall–Kier alpha value is -2.71. The third kappa shape index (κ3) is 5.02. The number of hydrazine groups is 1. The van der Waals surface area contributed by atoms with Gasteiger partial charge in [-0.15, -0.1) is 0 Å². The van der Waals surface area contributed by atoms with Crippen molar-refractivity contribution in [2.24, 2.45) is 0 Å². The first-order valence-electron chi connectivity index (χ1n) is 9.53. The molecule has 3 rings (SSSR count). The van der Waals surface area contributed by atoms with E-state index in [0.29, 0.717) is 13.1 Å². The molecule has 0 aromatic heterocycles. The molecule has 0 radical (unpaired) electrons. The van der Waals surface area contributed by atoms with E-state index in [1.165, 1.54) is 28.6 Å². The Morgan fingerprint density at radius 3 is 2.21 bits per heavy atom. The molecule has 0 atom stereocenters. The zero-order valence-corrected chi connectivity index (χ0v) is 17.4. The van der Waals surface area contributed by atoms with Crippen LogP contribution in [0.15, 0.2) is 47.4 Å². The Labute approximate surface area is 171 Å². The summed E-state index contributed by atoms with van der Waals surface area (Å²) in [6, 6.07) is 11.5. The van der Waals surface area contributed by atoms with E-state index in [1.54, 1.807) is 0 Å². The molecule has 2 aromatic carbocycles. The topological polar surface area (TPSA) is 95.6 Å². The van der Waals surface area contributed by atoms with E-state index in [2.05, 4.69) is 10.9 Å². The van der Waals surface area contributed by atoms with E-state index in [-0.39, 0.29) is 22.8 Å². The van der Waals surface area contributed by atoms with Gasteiger partial charge in [-0.3, -0.25) is 20.4 Å². The number of nitrogens with one attached hydrogen (secondary N) is 2. The highest BCUT2D eigenvalue weighted by Gasteiger charge is 2.27. The van der Waals surface area contributed by atoms with Gasteiger partial charge in [0.2, 0.25) is 15.9 Å². The number of rotatable bonds is 5.